The highest BCUT2D eigenvalue weighted by Crippen LogP contribution is 2.33. The molecule has 2 saturated heterocycles. The summed E-state index contributed by atoms with van der Waals surface area (Å²) in [7, 11) is 0. The Kier molecular flexibility index (Phi) is 6.25. The zero-order valence-corrected chi connectivity index (χ0v) is 16.6. The first kappa shape index (κ1) is 20.0. The molecule has 0 unspecified atom stereocenters. The quantitative estimate of drug-likeness (QED) is 0.648. The van der Waals surface area contributed by atoms with Gasteiger partial charge in [0.05, 0.1) is 37.9 Å². The smallest absolute Gasteiger partial charge is 0.234 e. The normalized spacial score (nSPS) is 26.3. The predicted octanol–water partition coefficient (Wildman–Crippen LogP) is 0.320. The summed E-state index contributed by atoms with van der Waals surface area (Å²) in [5.41, 5.74) is 0.157. The van der Waals surface area contributed by atoms with E-state index in [0.717, 1.165) is 31.0 Å². The van der Waals surface area contributed by atoms with Gasteiger partial charge in [-0.3, -0.25) is 14.6 Å². The number of aliphatic hydroxyl groups excluding tert-OH is 1. The second-order valence-electron chi connectivity index (χ2n) is 7.81. The number of carbonyl (C=O) groups excluding carboxylic acids is 1. The standard InChI is InChI=1S/C21H29N5O3/c27-18-14-26(15-19-22-7-8-23-19)9-6-21(18,17-4-2-1-3-5-17)24-20(28)16-25-10-12-29-13-11-25/h1-5,7-8,18,27H,6,9-16H2,(H,22,23)(H,24,28)/t18-,21-/m1/s1. The molecule has 4 rings (SSSR count). The third-order valence-electron chi connectivity index (χ3n) is 5.87. The first-order valence-electron chi connectivity index (χ1n) is 10.2. The van der Waals surface area contributed by atoms with E-state index in [0.29, 0.717) is 39.3 Å². The number of ether oxygens (including phenoxy) is 1. The molecule has 2 fully saturated rings. The van der Waals surface area contributed by atoms with Gasteiger partial charge in [0.2, 0.25) is 5.91 Å². The summed E-state index contributed by atoms with van der Waals surface area (Å²) in [6, 6.07) is 9.83. The van der Waals surface area contributed by atoms with Gasteiger partial charge in [0.15, 0.2) is 0 Å². The number of benzene rings is 1. The van der Waals surface area contributed by atoms with Crippen LogP contribution in [0, 0.1) is 0 Å². The highest BCUT2D eigenvalue weighted by Gasteiger charge is 2.45. The highest BCUT2D eigenvalue weighted by atomic mass is 16.5. The largest absolute Gasteiger partial charge is 0.389 e. The number of rotatable bonds is 6. The molecule has 156 valence electrons. The third kappa shape index (κ3) is 4.67. The molecule has 29 heavy (non-hydrogen) atoms. The van der Waals surface area contributed by atoms with Crippen LogP contribution in [0.2, 0.25) is 0 Å². The van der Waals surface area contributed by atoms with E-state index in [9.17, 15) is 9.90 Å². The summed E-state index contributed by atoms with van der Waals surface area (Å²) >= 11 is 0. The van der Waals surface area contributed by atoms with Crippen LogP contribution in [0.3, 0.4) is 0 Å². The minimum absolute atomic E-state index is 0.0608. The van der Waals surface area contributed by atoms with Crippen LogP contribution in [0.1, 0.15) is 17.8 Å². The molecule has 2 aliphatic heterocycles. The summed E-state index contributed by atoms with van der Waals surface area (Å²) in [5.74, 6) is 0.815. The van der Waals surface area contributed by atoms with Crippen molar-refractivity contribution in [2.75, 3.05) is 45.9 Å². The SMILES string of the molecule is O=C(CN1CCOCC1)N[C@@]1(c2ccccc2)CCN(Cc2ncc[nH]2)C[C@H]1O. The summed E-state index contributed by atoms with van der Waals surface area (Å²) in [6.07, 6.45) is 3.45. The van der Waals surface area contributed by atoms with E-state index in [1.165, 1.54) is 0 Å². The zero-order chi connectivity index (χ0) is 20.1. The Morgan fingerprint density at radius 3 is 2.72 bits per heavy atom. The number of nitrogens with one attached hydrogen (secondary N) is 2. The lowest BCUT2D eigenvalue weighted by molar-refractivity contribution is -0.129. The number of aromatic nitrogens is 2. The summed E-state index contributed by atoms with van der Waals surface area (Å²) in [4.78, 5) is 24.6. The summed E-state index contributed by atoms with van der Waals surface area (Å²) in [5, 5.41) is 14.4. The van der Waals surface area contributed by atoms with E-state index in [-0.39, 0.29) is 5.91 Å². The van der Waals surface area contributed by atoms with Gasteiger partial charge in [-0.25, -0.2) is 4.98 Å². The Morgan fingerprint density at radius 2 is 2.03 bits per heavy atom. The highest BCUT2D eigenvalue weighted by molar-refractivity contribution is 5.79. The maximum absolute atomic E-state index is 12.9. The fraction of sp³-hybridized carbons (Fsp3) is 0.524. The maximum atomic E-state index is 12.9. The Bertz CT molecular complexity index is 779. The van der Waals surface area contributed by atoms with Crippen LogP contribution in [0.4, 0.5) is 0 Å². The van der Waals surface area contributed by atoms with Gasteiger partial charge < -0.3 is 20.1 Å². The van der Waals surface area contributed by atoms with Crippen molar-refractivity contribution in [2.24, 2.45) is 0 Å². The molecule has 0 aliphatic carbocycles. The number of morpholine rings is 1. The topological polar surface area (TPSA) is 93.7 Å². The number of H-pyrrole nitrogens is 1. The van der Waals surface area contributed by atoms with Gasteiger partial charge in [0.25, 0.3) is 0 Å². The third-order valence-corrected chi connectivity index (χ3v) is 5.87. The van der Waals surface area contributed by atoms with E-state index in [4.69, 9.17) is 4.74 Å². The summed E-state index contributed by atoms with van der Waals surface area (Å²) in [6.45, 7) is 5.01. The van der Waals surface area contributed by atoms with Gasteiger partial charge in [0.1, 0.15) is 5.82 Å². The molecule has 0 spiro atoms. The molecule has 1 aromatic heterocycles. The number of likely N-dealkylation sites (tertiary alicyclic amines) is 1. The Labute approximate surface area is 170 Å². The Balaban J connectivity index is 1.48. The van der Waals surface area contributed by atoms with E-state index < -0.39 is 11.6 Å². The number of β-amino-alcohol motifs (C(OH)–C–C–N with tert-alkyl or cyclic N) is 1. The number of piperidine rings is 1. The summed E-state index contributed by atoms with van der Waals surface area (Å²) < 4.78 is 5.37. The predicted molar refractivity (Wildman–Crippen MR) is 108 cm³/mol. The van der Waals surface area contributed by atoms with Crippen molar-refractivity contribution < 1.29 is 14.6 Å². The van der Waals surface area contributed by atoms with E-state index in [1.807, 2.05) is 30.3 Å². The monoisotopic (exact) mass is 399 g/mol. The first-order chi connectivity index (χ1) is 14.2. The molecule has 3 heterocycles. The minimum Gasteiger partial charge on any atom is -0.389 e. The molecule has 1 amide bonds. The van der Waals surface area contributed by atoms with Crippen molar-refractivity contribution in [2.45, 2.75) is 24.6 Å². The molecule has 2 aromatic rings. The fourth-order valence-corrected chi connectivity index (χ4v) is 4.27. The maximum Gasteiger partial charge on any atom is 0.234 e. The molecule has 3 N–H and O–H groups in total. The molecule has 2 atom stereocenters. The van der Waals surface area contributed by atoms with Crippen LogP contribution in [0.25, 0.3) is 0 Å². The van der Waals surface area contributed by atoms with Crippen LogP contribution < -0.4 is 5.32 Å². The van der Waals surface area contributed by atoms with Crippen molar-refractivity contribution in [1.82, 2.24) is 25.1 Å². The van der Waals surface area contributed by atoms with Crippen molar-refractivity contribution in [3.8, 4) is 0 Å². The van der Waals surface area contributed by atoms with Crippen LogP contribution in [-0.4, -0.2) is 82.8 Å². The average Bonchev–Trinajstić information content (AvgIpc) is 3.24. The van der Waals surface area contributed by atoms with Gasteiger partial charge in [-0.2, -0.15) is 0 Å². The molecule has 2 aliphatic rings. The van der Waals surface area contributed by atoms with Crippen LogP contribution in [0.5, 0.6) is 0 Å². The van der Waals surface area contributed by atoms with E-state index in [2.05, 4.69) is 25.1 Å². The lowest BCUT2D eigenvalue weighted by atomic mass is 9.78. The van der Waals surface area contributed by atoms with Crippen molar-refractivity contribution in [1.29, 1.82) is 0 Å². The Hall–Kier alpha value is -2.26. The van der Waals surface area contributed by atoms with Gasteiger partial charge in [0, 0.05) is 38.6 Å². The first-order valence-corrected chi connectivity index (χ1v) is 10.2. The second-order valence-corrected chi connectivity index (χ2v) is 7.81. The number of carbonyl (C=O) groups is 1. The van der Waals surface area contributed by atoms with Crippen LogP contribution >= 0.6 is 0 Å². The second kappa shape index (κ2) is 9.04. The number of hydrogen-bond acceptors (Lipinski definition) is 6. The molecular formula is C21H29N5O3. The lowest BCUT2D eigenvalue weighted by Crippen LogP contribution is -2.63. The fourth-order valence-electron chi connectivity index (χ4n) is 4.27. The molecular weight excluding hydrogens is 370 g/mol. The van der Waals surface area contributed by atoms with Crippen LogP contribution in [-0.2, 0) is 21.6 Å². The molecule has 1 aromatic carbocycles. The number of hydrogen-bond donors (Lipinski definition) is 3. The van der Waals surface area contributed by atoms with Gasteiger partial charge in [-0.15, -0.1) is 0 Å². The van der Waals surface area contributed by atoms with E-state index in [1.54, 1.807) is 12.4 Å². The van der Waals surface area contributed by atoms with E-state index >= 15 is 0 Å². The number of amides is 1. The van der Waals surface area contributed by atoms with Crippen LogP contribution in [0.15, 0.2) is 42.7 Å². The molecule has 8 heteroatoms. The zero-order valence-electron chi connectivity index (χ0n) is 16.6. The van der Waals surface area contributed by atoms with Crippen molar-refractivity contribution in [3.63, 3.8) is 0 Å². The average molecular weight is 399 g/mol. The molecule has 8 nitrogen and oxygen atoms in total. The number of imidazole rings is 1. The van der Waals surface area contributed by atoms with Gasteiger partial charge in [-0.1, -0.05) is 30.3 Å². The molecule has 0 saturated carbocycles. The minimum atomic E-state index is -0.787. The lowest BCUT2D eigenvalue weighted by Gasteiger charge is -2.46. The van der Waals surface area contributed by atoms with Gasteiger partial charge >= 0.3 is 0 Å². The number of aromatic amines is 1. The number of nitrogens with zero attached hydrogens (tertiary/aromatic N) is 3. The molecule has 0 radical (unpaired) electrons. The Morgan fingerprint density at radius 1 is 1.24 bits per heavy atom. The number of aliphatic hydroxyl groups is 1. The van der Waals surface area contributed by atoms with Crippen molar-refractivity contribution >= 4 is 5.91 Å². The molecule has 0 bridgehead atoms. The van der Waals surface area contributed by atoms with Crippen molar-refractivity contribution in [3.05, 3.63) is 54.1 Å². The van der Waals surface area contributed by atoms with Gasteiger partial charge in [-0.05, 0) is 12.0 Å².